The fourth-order valence-corrected chi connectivity index (χ4v) is 4.07. The standard InChI is InChI=1S/C14H25N3OS/c1-10(2)13-7-16-14(19-13)15-6-12-8-17-5-3-4-11(17)9-18-12/h10-13H,3-9H2,1-2H3,(H,15,16). The zero-order chi connectivity index (χ0) is 13.2. The quantitative estimate of drug-likeness (QED) is 0.853. The van der Waals surface area contributed by atoms with Gasteiger partial charge in [0, 0.05) is 24.4 Å². The van der Waals surface area contributed by atoms with Crippen LogP contribution in [0.25, 0.3) is 0 Å². The van der Waals surface area contributed by atoms with Gasteiger partial charge in [0.15, 0.2) is 5.17 Å². The van der Waals surface area contributed by atoms with Crippen LogP contribution in [0.3, 0.4) is 0 Å². The number of hydrogen-bond donors (Lipinski definition) is 1. The summed E-state index contributed by atoms with van der Waals surface area (Å²) in [5.74, 6) is 0.698. The van der Waals surface area contributed by atoms with Crippen LogP contribution in [0.15, 0.2) is 4.99 Å². The molecule has 3 heterocycles. The number of fused-ring (bicyclic) bond motifs is 1. The molecule has 0 aromatic carbocycles. The number of thioether (sulfide) groups is 1. The molecule has 0 aromatic rings. The molecule has 3 rings (SSSR count). The van der Waals surface area contributed by atoms with Crippen molar-refractivity contribution in [2.75, 3.05) is 32.8 Å². The fraction of sp³-hybridized carbons (Fsp3) is 0.929. The summed E-state index contributed by atoms with van der Waals surface area (Å²) in [5, 5.41) is 5.24. The summed E-state index contributed by atoms with van der Waals surface area (Å²) in [5.41, 5.74) is 0. The Labute approximate surface area is 120 Å². The van der Waals surface area contributed by atoms with Crippen LogP contribution in [0, 0.1) is 5.92 Å². The van der Waals surface area contributed by atoms with Gasteiger partial charge < -0.3 is 10.1 Å². The monoisotopic (exact) mass is 283 g/mol. The third-order valence-electron chi connectivity index (χ3n) is 4.36. The molecule has 2 fully saturated rings. The molecular formula is C14H25N3OS. The van der Waals surface area contributed by atoms with Gasteiger partial charge in [-0.15, -0.1) is 0 Å². The number of rotatable bonds is 3. The molecule has 108 valence electrons. The molecule has 1 N–H and O–H groups in total. The molecule has 0 radical (unpaired) electrons. The summed E-state index contributed by atoms with van der Waals surface area (Å²) in [4.78, 5) is 7.18. The molecule has 0 spiro atoms. The van der Waals surface area contributed by atoms with E-state index in [-0.39, 0.29) is 0 Å². The molecule has 0 saturated carbocycles. The van der Waals surface area contributed by atoms with Crippen molar-refractivity contribution < 1.29 is 4.74 Å². The number of aliphatic imine (C=N–C) groups is 1. The second-order valence-corrected chi connectivity index (χ2v) is 7.40. The van der Waals surface area contributed by atoms with Crippen LogP contribution in [0.1, 0.15) is 26.7 Å². The van der Waals surface area contributed by atoms with E-state index in [4.69, 9.17) is 4.74 Å². The molecule has 0 aliphatic carbocycles. The topological polar surface area (TPSA) is 36.9 Å². The van der Waals surface area contributed by atoms with Crippen molar-refractivity contribution in [3.05, 3.63) is 0 Å². The number of hydrogen-bond acceptors (Lipinski definition) is 5. The predicted molar refractivity (Wildman–Crippen MR) is 80.9 cm³/mol. The molecule has 0 bridgehead atoms. The first-order chi connectivity index (χ1) is 9.22. The van der Waals surface area contributed by atoms with Crippen LogP contribution >= 0.6 is 11.8 Å². The van der Waals surface area contributed by atoms with Gasteiger partial charge in [-0.1, -0.05) is 25.6 Å². The molecular weight excluding hydrogens is 258 g/mol. The highest BCUT2D eigenvalue weighted by Crippen LogP contribution is 2.26. The minimum absolute atomic E-state index is 0.329. The van der Waals surface area contributed by atoms with Crippen molar-refractivity contribution in [2.24, 2.45) is 10.9 Å². The van der Waals surface area contributed by atoms with Gasteiger partial charge in [-0.25, -0.2) is 0 Å². The summed E-state index contributed by atoms with van der Waals surface area (Å²) in [6.45, 7) is 9.67. The third-order valence-corrected chi connectivity index (χ3v) is 5.86. The second-order valence-electron chi connectivity index (χ2n) is 6.17. The van der Waals surface area contributed by atoms with Gasteiger partial charge >= 0.3 is 0 Å². The first kappa shape index (κ1) is 13.7. The predicted octanol–water partition coefficient (Wildman–Crippen LogP) is 1.57. The minimum Gasteiger partial charge on any atom is -0.373 e. The number of morpholine rings is 1. The van der Waals surface area contributed by atoms with Crippen LogP contribution in [-0.4, -0.2) is 60.2 Å². The van der Waals surface area contributed by atoms with Gasteiger partial charge in [-0.3, -0.25) is 9.89 Å². The lowest BCUT2D eigenvalue weighted by Crippen LogP contribution is -2.49. The minimum atomic E-state index is 0.329. The lowest BCUT2D eigenvalue weighted by atomic mass is 10.1. The summed E-state index contributed by atoms with van der Waals surface area (Å²) < 4.78 is 5.96. The first-order valence-electron chi connectivity index (χ1n) is 7.53. The summed E-state index contributed by atoms with van der Waals surface area (Å²) in [6.07, 6.45) is 2.99. The number of ether oxygens (including phenoxy) is 1. The zero-order valence-electron chi connectivity index (χ0n) is 12.0. The molecule has 3 unspecified atom stereocenters. The molecule has 5 heteroatoms. The molecule has 4 nitrogen and oxygen atoms in total. The molecule has 0 aromatic heterocycles. The summed E-state index contributed by atoms with van der Waals surface area (Å²) in [6, 6.07) is 0.694. The van der Waals surface area contributed by atoms with Gasteiger partial charge in [0.05, 0.1) is 19.3 Å². The Hall–Kier alpha value is -0.260. The van der Waals surface area contributed by atoms with Crippen molar-refractivity contribution in [2.45, 2.75) is 44.1 Å². The van der Waals surface area contributed by atoms with E-state index in [1.165, 1.54) is 19.4 Å². The lowest BCUT2D eigenvalue weighted by molar-refractivity contribution is -0.0451. The van der Waals surface area contributed by atoms with E-state index >= 15 is 0 Å². The van der Waals surface area contributed by atoms with E-state index < -0.39 is 0 Å². The highest BCUT2D eigenvalue weighted by molar-refractivity contribution is 8.14. The van der Waals surface area contributed by atoms with E-state index in [9.17, 15) is 0 Å². The number of nitrogens with one attached hydrogen (secondary N) is 1. The fourth-order valence-electron chi connectivity index (χ4n) is 3.05. The summed E-state index contributed by atoms with van der Waals surface area (Å²) >= 11 is 1.90. The van der Waals surface area contributed by atoms with Gasteiger partial charge in [-0.2, -0.15) is 0 Å². The second kappa shape index (κ2) is 6.02. The highest BCUT2D eigenvalue weighted by Gasteiger charge is 2.32. The Kier molecular flexibility index (Phi) is 4.34. The zero-order valence-corrected chi connectivity index (χ0v) is 12.8. The van der Waals surface area contributed by atoms with E-state index in [0.29, 0.717) is 23.3 Å². The molecule has 3 aliphatic rings. The van der Waals surface area contributed by atoms with Gasteiger partial charge in [0.25, 0.3) is 0 Å². The Morgan fingerprint density at radius 3 is 3.21 bits per heavy atom. The lowest BCUT2D eigenvalue weighted by Gasteiger charge is -2.35. The Morgan fingerprint density at radius 1 is 1.53 bits per heavy atom. The molecule has 3 aliphatic heterocycles. The van der Waals surface area contributed by atoms with E-state index in [1.54, 1.807) is 0 Å². The number of nitrogens with zero attached hydrogens (tertiary/aromatic N) is 2. The van der Waals surface area contributed by atoms with Crippen LogP contribution in [0.4, 0.5) is 0 Å². The van der Waals surface area contributed by atoms with Crippen molar-refractivity contribution >= 4 is 16.9 Å². The molecule has 2 saturated heterocycles. The van der Waals surface area contributed by atoms with Crippen molar-refractivity contribution in [3.63, 3.8) is 0 Å². The van der Waals surface area contributed by atoms with Crippen LogP contribution in [0.5, 0.6) is 0 Å². The maximum Gasteiger partial charge on any atom is 0.157 e. The van der Waals surface area contributed by atoms with Crippen LogP contribution in [-0.2, 0) is 4.74 Å². The average molecular weight is 283 g/mol. The number of amidine groups is 1. The molecule has 3 atom stereocenters. The Balaban J connectivity index is 1.41. The van der Waals surface area contributed by atoms with E-state index in [2.05, 4.69) is 29.1 Å². The van der Waals surface area contributed by atoms with Gasteiger partial charge in [-0.05, 0) is 25.3 Å². The van der Waals surface area contributed by atoms with Crippen molar-refractivity contribution in [1.82, 2.24) is 10.2 Å². The van der Waals surface area contributed by atoms with Crippen LogP contribution < -0.4 is 5.32 Å². The smallest absolute Gasteiger partial charge is 0.157 e. The first-order valence-corrected chi connectivity index (χ1v) is 8.41. The van der Waals surface area contributed by atoms with E-state index in [0.717, 1.165) is 31.4 Å². The van der Waals surface area contributed by atoms with E-state index in [1.807, 2.05) is 11.8 Å². The van der Waals surface area contributed by atoms with Gasteiger partial charge in [0.1, 0.15) is 0 Å². The molecule has 19 heavy (non-hydrogen) atoms. The third kappa shape index (κ3) is 3.26. The van der Waals surface area contributed by atoms with Crippen molar-refractivity contribution in [1.29, 1.82) is 0 Å². The maximum absolute atomic E-state index is 5.96. The maximum atomic E-state index is 5.96. The highest BCUT2D eigenvalue weighted by atomic mass is 32.2. The Bertz CT molecular complexity index is 348. The average Bonchev–Trinajstić information content (AvgIpc) is 3.04. The largest absolute Gasteiger partial charge is 0.373 e. The summed E-state index contributed by atoms with van der Waals surface area (Å²) in [7, 11) is 0. The Morgan fingerprint density at radius 2 is 2.42 bits per heavy atom. The van der Waals surface area contributed by atoms with Crippen molar-refractivity contribution in [3.8, 4) is 0 Å². The van der Waals surface area contributed by atoms with Crippen LogP contribution in [0.2, 0.25) is 0 Å². The SMILES string of the molecule is CC(C)C1CN=C(NCC2CN3CCCC3CO2)S1. The normalized spacial score (nSPS) is 35.5. The van der Waals surface area contributed by atoms with Gasteiger partial charge in [0.2, 0.25) is 0 Å². The molecule has 0 amide bonds.